The highest BCUT2D eigenvalue weighted by molar-refractivity contribution is 5.96. The average Bonchev–Trinajstić information content (AvgIpc) is 3.56. The van der Waals surface area contributed by atoms with Gasteiger partial charge in [-0.2, -0.15) is 0 Å². The van der Waals surface area contributed by atoms with Gasteiger partial charge in [-0.05, 0) is 30.5 Å². The van der Waals surface area contributed by atoms with Crippen molar-refractivity contribution in [3.05, 3.63) is 36.2 Å². The van der Waals surface area contributed by atoms with Gasteiger partial charge in [0, 0.05) is 44.2 Å². The van der Waals surface area contributed by atoms with Crippen LogP contribution in [-0.4, -0.2) is 58.9 Å². The fourth-order valence-corrected chi connectivity index (χ4v) is 4.63. The Morgan fingerprint density at radius 2 is 2.03 bits per heavy atom. The monoisotopic (exact) mass is 391 g/mol. The van der Waals surface area contributed by atoms with Crippen LogP contribution in [0.15, 0.2) is 30.6 Å². The van der Waals surface area contributed by atoms with Crippen molar-refractivity contribution in [3.63, 3.8) is 0 Å². The maximum Gasteiger partial charge on any atom is 0.227 e. The highest BCUT2D eigenvalue weighted by atomic mass is 16.2. The van der Waals surface area contributed by atoms with Gasteiger partial charge in [0.05, 0.1) is 30.2 Å². The molecule has 150 valence electrons. The van der Waals surface area contributed by atoms with Gasteiger partial charge in [0.1, 0.15) is 5.82 Å². The van der Waals surface area contributed by atoms with E-state index in [-0.39, 0.29) is 11.8 Å². The van der Waals surface area contributed by atoms with Crippen LogP contribution in [0.25, 0.3) is 11.3 Å². The second kappa shape index (κ2) is 6.83. The first-order valence-electron chi connectivity index (χ1n) is 10.3. The summed E-state index contributed by atoms with van der Waals surface area (Å²) in [5.41, 5.74) is 4.01. The fraction of sp³-hybridized carbons (Fsp3) is 0.455. The summed E-state index contributed by atoms with van der Waals surface area (Å²) >= 11 is 0. The molecule has 2 aromatic rings. The van der Waals surface area contributed by atoms with E-state index >= 15 is 0 Å². The van der Waals surface area contributed by atoms with Crippen molar-refractivity contribution in [3.8, 4) is 11.3 Å². The molecule has 5 rings (SSSR count). The van der Waals surface area contributed by atoms with E-state index in [0.29, 0.717) is 24.9 Å². The number of fused-ring (bicyclic) bond motifs is 2. The molecule has 0 spiro atoms. The molecule has 7 nitrogen and oxygen atoms in total. The topological polar surface area (TPSA) is 69.6 Å². The number of carbonyl (C=O) groups is 2. The van der Waals surface area contributed by atoms with Gasteiger partial charge in [-0.1, -0.05) is 13.0 Å². The third kappa shape index (κ3) is 3.05. The number of aryl methyl sites for hydroxylation is 1. The Balaban J connectivity index is 1.39. The van der Waals surface area contributed by atoms with E-state index in [1.54, 1.807) is 11.1 Å². The predicted octanol–water partition coefficient (Wildman–Crippen LogP) is 2.25. The van der Waals surface area contributed by atoms with E-state index in [1.807, 2.05) is 37.2 Å². The first-order chi connectivity index (χ1) is 14.1. The van der Waals surface area contributed by atoms with Crippen LogP contribution < -0.4 is 9.80 Å². The van der Waals surface area contributed by atoms with Crippen LogP contribution in [0.5, 0.6) is 0 Å². The zero-order valence-electron chi connectivity index (χ0n) is 16.8. The third-order valence-corrected chi connectivity index (χ3v) is 6.36. The van der Waals surface area contributed by atoms with E-state index in [1.165, 1.54) is 5.56 Å². The van der Waals surface area contributed by atoms with Crippen LogP contribution >= 0.6 is 0 Å². The molecule has 1 aromatic heterocycles. The van der Waals surface area contributed by atoms with E-state index in [2.05, 4.69) is 16.0 Å². The summed E-state index contributed by atoms with van der Waals surface area (Å²) in [4.78, 5) is 39.4. The van der Waals surface area contributed by atoms with Crippen molar-refractivity contribution in [2.24, 2.45) is 0 Å². The standard InChI is InChI=1S/C22H25N5O2/c1-3-21(28)27-9-8-26(18-11-19(18)27)20-13-23-12-16(24-20)14-4-6-17-15(10-14)5-7-22(29)25(17)2/h4,6,10,12-13,18-19H,3,5,7-9,11H2,1-2H3. The lowest BCUT2D eigenvalue weighted by Crippen LogP contribution is -2.49. The molecule has 1 aromatic carbocycles. The van der Waals surface area contributed by atoms with Crippen molar-refractivity contribution in [2.45, 2.75) is 44.7 Å². The first kappa shape index (κ1) is 18.1. The molecule has 1 saturated heterocycles. The van der Waals surface area contributed by atoms with Crippen LogP contribution in [0, 0.1) is 0 Å². The maximum atomic E-state index is 12.1. The van der Waals surface area contributed by atoms with Gasteiger partial charge in [0.15, 0.2) is 0 Å². The Kier molecular flexibility index (Phi) is 4.26. The van der Waals surface area contributed by atoms with Crippen molar-refractivity contribution in [1.82, 2.24) is 14.9 Å². The van der Waals surface area contributed by atoms with E-state index in [9.17, 15) is 9.59 Å². The molecule has 2 atom stereocenters. The molecular weight excluding hydrogens is 366 g/mol. The SMILES string of the molecule is CCC(=O)N1CCN(c2cncc(-c3ccc4c(c3)CCC(=O)N4C)n2)C2CC21. The van der Waals surface area contributed by atoms with Crippen molar-refractivity contribution < 1.29 is 9.59 Å². The van der Waals surface area contributed by atoms with Crippen LogP contribution in [0.2, 0.25) is 0 Å². The molecule has 0 bridgehead atoms. The predicted molar refractivity (Wildman–Crippen MR) is 111 cm³/mol. The fourth-order valence-electron chi connectivity index (χ4n) is 4.63. The van der Waals surface area contributed by atoms with Crippen LogP contribution in [0.4, 0.5) is 11.5 Å². The Hall–Kier alpha value is -2.96. The molecule has 1 saturated carbocycles. The van der Waals surface area contributed by atoms with Gasteiger partial charge >= 0.3 is 0 Å². The number of anilines is 2. The Morgan fingerprint density at radius 1 is 1.17 bits per heavy atom. The summed E-state index contributed by atoms with van der Waals surface area (Å²) in [6, 6.07) is 6.82. The maximum absolute atomic E-state index is 12.1. The van der Waals surface area contributed by atoms with Crippen LogP contribution in [-0.2, 0) is 16.0 Å². The number of piperazine rings is 1. The summed E-state index contributed by atoms with van der Waals surface area (Å²) in [7, 11) is 1.83. The van der Waals surface area contributed by atoms with E-state index < -0.39 is 0 Å². The lowest BCUT2D eigenvalue weighted by Gasteiger charge is -2.34. The number of carbonyl (C=O) groups excluding carboxylic acids is 2. The van der Waals surface area contributed by atoms with Gasteiger partial charge in [-0.3, -0.25) is 14.6 Å². The van der Waals surface area contributed by atoms with Gasteiger partial charge < -0.3 is 14.7 Å². The lowest BCUT2D eigenvalue weighted by molar-refractivity contribution is -0.131. The van der Waals surface area contributed by atoms with E-state index in [4.69, 9.17) is 4.98 Å². The van der Waals surface area contributed by atoms with Crippen molar-refractivity contribution >= 4 is 23.3 Å². The van der Waals surface area contributed by atoms with Gasteiger partial charge in [-0.25, -0.2) is 4.98 Å². The molecule has 1 aliphatic carbocycles. The molecule has 2 amide bonds. The highest BCUT2D eigenvalue weighted by Gasteiger charge is 2.50. The Morgan fingerprint density at radius 3 is 2.86 bits per heavy atom. The second-order valence-corrected chi connectivity index (χ2v) is 8.06. The lowest BCUT2D eigenvalue weighted by atomic mass is 9.98. The van der Waals surface area contributed by atoms with Crippen molar-refractivity contribution in [1.29, 1.82) is 0 Å². The smallest absolute Gasteiger partial charge is 0.227 e. The number of benzene rings is 1. The van der Waals surface area contributed by atoms with Crippen molar-refractivity contribution in [2.75, 3.05) is 29.9 Å². The molecule has 0 radical (unpaired) electrons. The summed E-state index contributed by atoms with van der Waals surface area (Å²) in [5.74, 6) is 1.28. The Bertz CT molecular complexity index is 991. The minimum absolute atomic E-state index is 0.159. The minimum Gasteiger partial charge on any atom is -0.348 e. The summed E-state index contributed by atoms with van der Waals surface area (Å²) < 4.78 is 0. The molecule has 7 heteroatoms. The van der Waals surface area contributed by atoms with Gasteiger partial charge in [-0.15, -0.1) is 0 Å². The molecule has 3 heterocycles. The summed E-state index contributed by atoms with van der Waals surface area (Å²) in [5, 5.41) is 0. The quantitative estimate of drug-likeness (QED) is 0.803. The van der Waals surface area contributed by atoms with Gasteiger partial charge in [0.25, 0.3) is 0 Å². The number of hydrogen-bond acceptors (Lipinski definition) is 5. The molecule has 3 aliphatic rings. The minimum atomic E-state index is 0.159. The van der Waals surface area contributed by atoms with Gasteiger partial charge in [0.2, 0.25) is 11.8 Å². The Labute approximate surface area is 170 Å². The number of amides is 2. The first-order valence-corrected chi connectivity index (χ1v) is 10.3. The summed E-state index contributed by atoms with van der Waals surface area (Å²) in [6.07, 6.45) is 6.50. The third-order valence-electron chi connectivity index (χ3n) is 6.36. The summed E-state index contributed by atoms with van der Waals surface area (Å²) in [6.45, 7) is 3.47. The normalized spacial score (nSPS) is 23.0. The zero-order valence-corrected chi connectivity index (χ0v) is 16.8. The van der Waals surface area contributed by atoms with Crippen LogP contribution in [0.3, 0.4) is 0 Å². The number of nitrogens with zero attached hydrogens (tertiary/aromatic N) is 5. The molecule has 2 aliphatic heterocycles. The molecule has 29 heavy (non-hydrogen) atoms. The molecular formula is C22H25N5O2. The number of hydrogen-bond donors (Lipinski definition) is 0. The number of aromatic nitrogens is 2. The van der Waals surface area contributed by atoms with Crippen LogP contribution in [0.1, 0.15) is 31.7 Å². The molecule has 2 unspecified atom stereocenters. The number of rotatable bonds is 3. The largest absolute Gasteiger partial charge is 0.348 e. The zero-order chi connectivity index (χ0) is 20.1. The van der Waals surface area contributed by atoms with E-state index in [0.717, 1.165) is 48.7 Å². The molecule has 2 fully saturated rings. The second-order valence-electron chi connectivity index (χ2n) is 8.06. The molecule has 0 N–H and O–H groups in total. The highest BCUT2D eigenvalue weighted by Crippen LogP contribution is 2.39. The average molecular weight is 391 g/mol.